The molecule has 9 heteroatoms. The second-order valence-corrected chi connectivity index (χ2v) is 8.85. The zero-order valence-corrected chi connectivity index (χ0v) is 20.3. The van der Waals surface area contributed by atoms with E-state index in [9.17, 15) is 4.79 Å². The van der Waals surface area contributed by atoms with Gasteiger partial charge in [-0.05, 0) is 27.2 Å². The lowest BCUT2D eigenvalue weighted by Gasteiger charge is -2.23. The summed E-state index contributed by atoms with van der Waals surface area (Å²) in [5.74, 6) is 2.25. The van der Waals surface area contributed by atoms with Crippen molar-refractivity contribution >= 4 is 36.0 Å². The largest absolute Gasteiger partial charge is 0.444 e. The Labute approximate surface area is 184 Å². The molecule has 2 heterocycles. The van der Waals surface area contributed by atoms with Gasteiger partial charge in [-0.2, -0.15) is 0 Å². The van der Waals surface area contributed by atoms with Crippen LogP contribution in [0.3, 0.4) is 0 Å². The van der Waals surface area contributed by atoms with Gasteiger partial charge in [-0.3, -0.25) is 4.99 Å². The van der Waals surface area contributed by atoms with Gasteiger partial charge in [0.15, 0.2) is 5.96 Å². The van der Waals surface area contributed by atoms with Gasteiger partial charge in [0.25, 0.3) is 0 Å². The standard InChI is InChI=1S/C19H33N5O3.HI/c1-18(2,3)14-10-21-15(26-14)11-22-16(20-7)24-9-8-13(12-24)23-17(25)27-19(4,5)6;/h10,13H,8-9,11-12H2,1-7H3,(H,20,22)(H,23,25);1H. The number of oxazole rings is 1. The molecule has 0 aliphatic carbocycles. The zero-order chi connectivity index (χ0) is 20.2. The minimum absolute atomic E-state index is 0. The molecule has 160 valence electrons. The van der Waals surface area contributed by atoms with E-state index >= 15 is 0 Å². The number of nitrogens with one attached hydrogen (secondary N) is 2. The van der Waals surface area contributed by atoms with E-state index in [0.717, 1.165) is 24.7 Å². The lowest BCUT2D eigenvalue weighted by molar-refractivity contribution is 0.0507. The highest BCUT2D eigenvalue weighted by molar-refractivity contribution is 14.0. The van der Waals surface area contributed by atoms with Crippen molar-refractivity contribution in [2.75, 3.05) is 20.1 Å². The van der Waals surface area contributed by atoms with E-state index in [1.807, 2.05) is 20.8 Å². The van der Waals surface area contributed by atoms with Gasteiger partial charge < -0.3 is 24.7 Å². The Kier molecular flexibility index (Phi) is 8.58. The first kappa shape index (κ1) is 24.5. The highest BCUT2D eigenvalue weighted by atomic mass is 127. The van der Waals surface area contributed by atoms with Crippen LogP contribution in [0.4, 0.5) is 4.79 Å². The first-order valence-electron chi connectivity index (χ1n) is 9.38. The number of aromatic nitrogens is 1. The van der Waals surface area contributed by atoms with Gasteiger partial charge >= 0.3 is 6.09 Å². The van der Waals surface area contributed by atoms with Crippen LogP contribution < -0.4 is 10.6 Å². The van der Waals surface area contributed by atoms with Crippen LogP contribution in [0, 0.1) is 0 Å². The van der Waals surface area contributed by atoms with Crippen molar-refractivity contribution in [2.45, 2.75) is 71.6 Å². The quantitative estimate of drug-likeness (QED) is 0.371. The molecule has 1 amide bonds. The lowest BCUT2D eigenvalue weighted by atomic mass is 9.94. The van der Waals surface area contributed by atoms with E-state index in [2.05, 4.69) is 46.3 Å². The minimum atomic E-state index is -0.498. The zero-order valence-electron chi connectivity index (χ0n) is 18.0. The topological polar surface area (TPSA) is 92.0 Å². The van der Waals surface area contributed by atoms with Gasteiger partial charge in [-0.25, -0.2) is 9.78 Å². The summed E-state index contributed by atoms with van der Waals surface area (Å²) in [4.78, 5) is 22.7. The van der Waals surface area contributed by atoms with E-state index in [-0.39, 0.29) is 41.5 Å². The Balaban J connectivity index is 0.00000392. The van der Waals surface area contributed by atoms with Gasteiger partial charge in [0.1, 0.15) is 11.4 Å². The number of likely N-dealkylation sites (tertiary alicyclic amines) is 1. The molecule has 1 aliphatic heterocycles. The summed E-state index contributed by atoms with van der Waals surface area (Å²) in [6, 6.07) is 0.0348. The predicted octanol–water partition coefficient (Wildman–Crippen LogP) is 3.26. The predicted molar refractivity (Wildman–Crippen MR) is 120 cm³/mol. The molecule has 0 aromatic carbocycles. The average Bonchev–Trinajstić information content (AvgIpc) is 3.15. The van der Waals surface area contributed by atoms with Crippen LogP contribution in [-0.2, 0) is 16.7 Å². The van der Waals surface area contributed by atoms with E-state index < -0.39 is 5.60 Å². The third kappa shape index (κ3) is 7.48. The average molecular weight is 507 g/mol. The maximum absolute atomic E-state index is 11.9. The van der Waals surface area contributed by atoms with Crippen LogP contribution in [0.15, 0.2) is 15.6 Å². The van der Waals surface area contributed by atoms with Gasteiger partial charge in [0.05, 0.1) is 18.8 Å². The molecular formula is C19H34IN5O3. The number of rotatable bonds is 3. The lowest BCUT2D eigenvalue weighted by Crippen LogP contribution is -2.44. The van der Waals surface area contributed by atoms with Crippen LogP contribution in [0.1, 0.15) is 59.6 Å². The number of nitrogens with zero attached hydrogens (tertiary/aromatic N) is 3. The molecule has 1 aliphatic rings. The molecule has 1 aromatic heterocycles. The summed E-state index contributed by atoms with van der Waals surface area (Å²) >= 11 is 0. The number of guanidine groups is 1. The van der Waals surface area contributed by atoms with E-state index in [1.54, 1.807) is 13.2 Å². The smallest absolute Gasteiger partial charge is 0.407 e. The van der Waals surface area contributed by atoms with Crippen LogP contribution in [0.25, 0.3) is 0 Å². The van der Waals surface area contributed by atoms with Crippen LogP contribution in [0.5, 0.6) is 0 Å². The SMILES string of the molecule is CN=C(NCc1ncc(C(C)(C)C)o1)N1CCC(NC(=O)OC(C)(C)C)C1.I. The number of hydrogen-bond acceptors (Lipinski definition) is 5. The number of amides is 1. The van der Waals surface area contributed by atoms with Crippen LogP contribution in [0.2, 0.25) is 0 Å². The summed E-state index contributed by atoms with van der Waals surface area (Å²) in [5, 5.41) is 6.20. The fourth-order valence-corrected chi connectivity index (χ4v) is 2.77. The molecule has 0 spiro atoms. The third-order valence-corrected chi connectivity index (χ3v) is 4.11. The van der Waals surface area contributed by atoms with Gasteiger partial charge in [-0.1, -0.05) is 20.8 Å². The monoisotopic (exact) mass is 507 g/mol. The Morgan fingerprint density at radius 3 is 2.57 bits per heavy atom. The number of ether oxygens (including phenoxy) is 1. The first-order valence-corrected chi connectivity index (χ1v) is 9.38. The van der Waals surface area contributed by atoms with E-state index in [1.165, 1.54) is 0 Å². The van der Waals surface area contributed by atoms with Crippen molar-refractivity contribution in [1.82, 2.24) is 20.5 Å². The highest BCUT2D eigenvalue weighted by Gasteiger charge is 2.28. The van der Waals surface area contributed by atoms with Gasteiger partial charge in [-0.15, -0.1) is 24.0 Å². The molecule has 8 nitrogen and oxygen atoms in total. The normalized spacial score (nSPS) is 17.9. The molecule has 2 N–H and O–H groups in total. The van der Waals surface area contributed by atoms with Crippen LogP contribution >= 0.6 is 24.0 Å². The Morgan fingerprint density at radius 1 is 1.36 bits per heavy atom. The second-order valence-electron chi connectivity index (χ2n) is 8.85. The molecule has 0 radical (unpaired) electrons. The van der Waals surface area contributed by atoms with Crippen molar-refractivity contribution < 1.29 is 13.9 Å². The summed E-state index contributed by atoms with van der Waals surface area (Å²) < 4.78 is 11.1. The molecule has 0 saturated carbocycles. The highest BCUT2D eigenvalue weighted by Crippen LogP contribution is 2.22. The second kappa shape index (κ2) is 9.80. The Hall–Kier alpha value is -1.52. The number of alkyl carbamates (subject to hydrolysis) is 1. The molecular weight excluding hydrogens is 473 g/mol. The summed E-state index contributed by atoms with van der Waals surface area (Å²) in [5.41, 5.74) is -0.565. The number of carbonyl (C=O) groups excluding carboxylic acids is 1. The molecule has 1 fully saturated rings. The Morgan fingerprint density at radius 2 is 2.04 bits per heavy atom. The summed E-state index contributed by atoms with van der Waals surface area (Å²) in [7, 11) is 1.74. The third-order valence-electron chi connectivity index (χ3n) is 4.11. The molecule has 1 atom stereocenters. The molecule has 1 aromatic rings. The minimum Gasteiger partial charge on any atom is -0.444 e. The maximum atomic E-state index is 11.9. The summed E-state index contributed by atoms with van der Waals surface area (Å²) in [6.45, 7) is 13.8. The molecule has 2 rings (SSSR count). The van der Waals surface area contributed by atoms with Crippen molar-refractivity contribution in [3.8, 4) is 0 Å². The van der Waals surface area contributed by atoms with Crippen molar-refractivity contribution in [2.24, 2.45) is 4.99 Å². The number of aliphatic imine (C=N–C) groups is 1. The summed E-state index contributed by atoms with van der Waals surface area (Å²) in [6.07, 6.45) is 2.23. The van der Waals surface area contributed by atoms with Crippen LogP contribution in [-0.4, -0.2) is 53.7 Å². The molecule has 0 bridgehead atoms. The Bertz CT molecular complexity index is 676. The number of halogens is 1. The van der Waals surface area contributed by atoms with Crippen molar-refractivity contribution in [3.05, 3.63) is 17.8 Å². The van der Waals surface area contributed by atoms with Crippen molar-refractivity contribution in [1.29, 1.82) is 0 Å². The number of carbonyl (C=O) groups is 1. The van der Waals surface area contributed by atoms with Gasteiger partial charge in [0, 0.05) is 25.6 Å². The fourth-order valence-electron chi connectivity index (χ4n) is 2.77. The van der Waals surface area contributed by atoms with Gasteiger partial charge in [0.2, 0.25) is 5.89 Å². The van der Waals surface area contributed by atoms with E-state index in [0.29, 0.717) is 19.0 Å². The van der Waals surface area contributed by atoms with Crippen molar-refractivity contribution in [3.63, 3.8) is 0 Å². The number of hydrogen-bond donors (Lipinski definition) is 2. The maximum Gasteiger partial charge on any atom is 0.407 e. The first-order chi connectivity index (χ1) is 12.5. The molecule has 28 heavy (non-hydrogen) atoms. The fraction of sp³-hybridized carbons (Fsp3) is 0.737. The van der Waals surface area contributed by atoms with E-state index in [4.69, 9.17) is 9.15 Å². The molecule has 1 unspecified atom stereocenters. The molecule has 1 saturated heterocycles.